The number of benzene rings is 2. The minimum absolute atomic E-state index is 0.243. The van der Waals surface area contributed by atoms with Gasteiger partial charge in [0.15, 0.2) is 0 Å². The fraction of sp³-hybridized carbons (Fsp3) is 0.222. The van der Waals surface area contributed by atoms with Gasteiger partial charge in [0.2, 0.25) is 0 Å². The van der Waals surface area contributed by atoms with Gasteiger partial charge in [-0.1, -0.05) is 18.2 Å². The molecule has 0 bridgehead atoms. The van der Waals surface area contributed by atoms with Gasteiger partial charge in [-0.25, -0.2) is 4.39 Å². The van der Waals surface area contributed by atoms with Gasteiger partial charge in [-0.3, -0.25) is 14.5 Å². The first-order valence-corrected chi connectivity index (χ1v) is 7.73. The van der Waals surface area contributed by atoms with Crippen molar-refractivity contribution in [1.29, 1.82) is 0 Å². The normalized spacial score (nSPS) is 18.0. The van der Waals surface area contributed by atoms with E-state index in [4.69, 9.17) is 14.6 Å². The summed E-state index contributed by atoms with van der Waals surface area (Å²) in [7, 11) is 0. The Morgan fingerprint density at radius 2 is 1.76 bits per heavy atom. The van der Waals surface area contributed by atoms with Crippen molar-refractivity contribution < 1.29 is 28.6 Å². The second-order valence-electron chi connectivity index (χ2n) is 5.84. The smallest absolute Gasteiger partial charge is 0.323 e. The Bertz CT molecular complexity index is 858. The molecule has 0 atom stereocenters. The van der Waals surface area contributed by atoms with Crippen LogP contribution in [0, 0.1) is 5.82 Å². The van der Waals surface area contributed by atoms with E-state index < -0.39 is 24.2 Å². The van der Waals surface area contributed by atoms with Crippen LogP contribution in [0.2, 0.25) is 0 Å². The molecule has 0 unspecified atom stereocenters. The number of amides is 1. The number of rotatable bonds is 3. The quantitative estimate of drug-likeness (QED) is 0.924. The Hall–Kier alpha value is -2.77. The van der Waals surface area contributed by atoms with Crippen molar-refractivity contribution in [2.75, 3.05) is 24.7 Å². The van der Waals surface area contributed by atoms with E-state index in [0.717, 1.165) is 16.0 Å². The number of ether oxygens (including phenoxy) is 2. The average molecular weight is 343 g/mol. The third kappa shape index (κ3) is 2.40. The number of carboxylic acids is 1. The summed E-state index contributed by atoms with van der Waals surface area (Å²) in [4.78, 5) is 25.1. The summed E-state index contributed by atoms with van der Waals surface area (Å²) < 4.78 is 24.3. The van der Waals surface area contributed by atoms with E-state index >= 15 is 0 Å². The molecule has 2 heterocycles. The van der Waals surface area contributed by atoms with Crippen molar-refractivity contribution >= 4 is 17.6 Å². The number of hydrogen-bond acceptors (Lipinski definition) is 4. The number of anilines is 1. The minimum atomic E-state index is -1.60. The molecule has 0 aliphatic carbocycles. The van der Waals surface area contributed by atoms with Gasteiger partial charge in [0, 0.05) is 5.56 Å². The molecule has 25 heavy (non-hydrogen) atoms. The molecule has 4 rings (SSSR count). The maximum atomic E-state index is 13.1. The molecule has 2 aromatic rings. The van der Waals surface area contributed by atoms with Crippen LogP contribution in [0.15, 0.2) is 42.5 Å². The zero-order valence-electron chi connectivity index (χ0n) is 13.1. The molecular weight excluding hydrogens is 329 g/mol. The van der Waals surface area contributed by atoms with Crippen molar-refractivity contribution in [1.82, 2.24) is 0 Å². The maximum Gasteiger partial charge on any atom is 0.323 e. The Kier molecular flexibility index (Phi) is 3.55. The van der Waals surface area contributed by atoms with E-state index in [1.165, 1.54) is 12.1 Å². The lowest BCUT2D eigenvalue weighted by Crippen LogP contribution is -2.43. The highest BCUT2D eigenvalue weighted by Gasteiger charge is 2.56. The highest BCUT2D eigenvalue weighted by atomic mass is 19.1. The topological polar surface area (TPSA) is 76.1 Å². The molecule has 1 fully saturated rings. The molecule has 0 radical (unpaired) electrons. The number of hydrogen-bond donors (Lipinski definition) is 1. The Morgan fingerprint density at radius 1 is 1.12 bits per heavy atom. The zero-order chi connectivity index (χ0) is 17.6. The van der Waals surface area contributed by atoms with Crippen molar-refractivity contribution in [3.8, 4) is 11.1 Å². The summed E-state index contributed by atoms with van der Waals surface area (Å²) in [5.74, 6) is -3.61. The lowest BCUT2D eigenvalue weighted by molar-refractivity contribution is -0.181. The van der Waals surface area contributed by atoms with Gasteiger partial charge in [0.25, 0.3) is 11.7 Å². The first-order valence-electron chi connectivity index (χ1n) is 7.73. The van der Waals surface area contributed by atoms with E-state index in [0.29, 0.717) is 11.3 Å². The molecule has 128 valence electrons. The molecule has 1 saturated heterocycles. The summed E-state index contributed by atoms with van der Waals surface area (Å²) >= 11 is 0. The Balaban J connectivity index is 1.84. The summed E-state index contributed by atoms with van der Waals surface area (Å²) in [5.41, 5.74) is 2.43. The monoisotopic (exact) mass is 343 g/mol. The number of carboxylic acid groups (broad SMARTS) is 1. The van der Waals surface area contributed by atoms with Crippen molar-refractivity contribution in [3.63, 3.8) is 0 Å². The highest BCUT2D eigenvalue weighted by molar-refractivity contribution is 6.08. The number of halogens is 1. The fourth-order valence-electron chi connectivity index (χ4n) is 3.24. The van der Waals surface area contributed by atoms with Crippen molar-refractivity contribution in [3.05, 3.63) is 53.8 Å². The maximum absolute atomic E-state index is 13.1. The predicted octanol–water partition coefficient (Wildman–Crippen LogP) is 2.12. The largest absolute Gasteiger partial charge is 0.480 e. The van der Waals surface area contributed by atoms with Gasteiger partial charge < -0.3 is 14.6 Å². The standard InChI is InChI=1S/C18H14FNO5/c19-13-4-1-11(2-5-13)12-3-6-15-14(9-12)18(24-7-8-25-18)17(23)20(15)10-16(21)22/h1-6,9H,7-8,10H2,(H,21,22). The second kappa shape index (κ2) is 5.65. The van der Waals surface area contributed by atoms with Crippen LogP contribution in [0.4, 0.5) is 10.1 Å². The SMILES string of the molecule is O=C(O)CN1C(=O)C2(OCCO2)c2cc(-c3ccc(F)cc3)ccc21. The van der Waals surface area contributed by atoms with Crippen LogP contribution < -0.4 is 4.90 Å². The third-order valence-corrected chi connectivity index (χ3v) is 4.33. The molecule has 2 aliphatic rings. The summed E-state index contributed by atoms with van der Waals surface area (Å²) in [5, 5.41) is 9.10. The van der Waals surface area contributed by atoms with Gasteiger partial charge in [-0.15, -0.1) is 0 Å². The Morgan fingerprint density at radius 3 is 2.40 bits per heavy atom. The van der Waals surface area contributed by atoms with Gasteiger partial charge in [0.1, 0.15) is 12.4 Å². The zero-order valence-corrected chi connectivity index (χ0v) is 13.1. The van der Waals surface area contributed by atoms with E-state index in [2.05, 4.69) is 0 Å². The molecule has 7 heteroatoms. The summed E-state index contributed by atoms with van der Waals surface area (Å²) in [6.07, 6.45) is 0. The predicted molar refractivity (Wildman–Crippen MR) is 85.4 cm³/mol. The van der Waals surface area contributed by atoms with Crippen molar-refractivity contribution in [2.45, 2.75) is 5.79 Å². The van der Waals surface area contributed by atoms with Crippen LogP contribution in [-0.4, -0.2) is 36.7 Å². The lowest BCUT2D eigenvalue weighted by Gasteiger charge is -2.21. The van der Waals surface area contributed by atoms with E-state index in [9.17, 15) is 14.0 Å². The summed E-state index contributed by atoms with van der Waals surface area (Å²) in [6, 6.07) is 11.1. The second-order valence-corrected chi connectivity index (χ2v) is 5.84. The molecule has 0 saturated carbocycles. The lowest BCUT2D eigenvalue weighted by atomic mass is 9.99. The minimum Gasteiger partial charge on any atom is -0.480 e. The van der Waals surface area contributed by atoms with Crippen LogP contribution in [-0.2, 0) is 24.8 Å². The highest BCUT2D eigenvalue weighted by Crippen LogP contribution is 2.46. The number of aliphatic carboxylic acids is 1. The first kappa shape index (κ1) is 15.7. The Labute approximate surface area is 142 Å². The summed E-state index contributed by atoms with van der Waals surface area (Å²) in [6.45, 7) is 0.00985. The van der Waals surface area contributed by atoms with Gasteiger partial charge in [0.05, 0.1) is 18.9 Å². The van der Waals surface area contributed by atoms with Crippen LogP contribution in [0.3, 0.4) is 0 Å². The number of nitrogens with zero attached hydrogens (tertiary/aromatic N) is 1. The molecule has 2 aliphatic heterocycles. The van der Waals surface area contributed by atoms with E-state index in [-0.39, 0.29) is 19.0 Å². The molecule has 0 aromatic heterocycles. The number of fused-ring (bicyclic) bond motifs is 2. The molecule has 1 spiro atoms. The van der Waals surface area contributed by atoms with Crippen molar-refractivity contribution in [2.24, 2.45) is 0 Å². The van der Waals surface area contributed by atoms with Crippen LogP contribution in [0.25, 0.3) is 11.1 Å². The van der Waals surface area contributed by atoms with Gasteiger partial charge in [-0.2, -0.15) is 0 Å². The van der Waals surface area contributed by atoms with E-state index in [1.807, 2.05) is 0 Å². The van der Waals surface area contributed by atoms with Gasteiger partial charge >= 0.3 is 5.97 Å². The fourth-order valence-corrected chi connectivity index (χ4v) is 3.24. The molecule has 1 amide bonds. The average Bonchev–Trinajstić information content (AvgIpc) is 3.17. The molecule has 1 N–H and O–H groups in total. The number of carbonyl (C=O) groups is 2. The van der Waals surface area contributed by atoms with Crippen LogP contribution in [0.1, 0.15) is 5.56 Å². The van der Waals surface area contributed by atoms with Crippen LogP contribution in [0.5, 0.6) is 0 Å². The molecular formula is C18H14FNO5. The van der Waals surface area contributed by atoms with Gasteiger partial charge in [-0.05, 0) is 35.4 Å². The molecule has 2 aromatic carbocycles. The first-order chi connectivity index (χ1) is 12.0. The van der Waals surface area contributed by atoms with Crippen LogP contribution >= 0.6 is 0 Å². The third-order valence-electron chi connectivity index (χ3n) is 4.33. The molecule has 6 nitrogen and oxygen atoms in total. The van der Waals surface area contributed by atoms with E-state index in [1.54, 1.807) is 30.3 Å². The number of carbonyl (C=O) groups excluding carboxylic acids is 1.